The molecule has 114 valence electrons. The van der Waals surface area contributed by atoms with Gasteiger partial charge in [0.15, 0.2) is 6.10 Å². The molecule has 0 bridgehead atoms. The molecule has 3 rings (SSSR count). The fourth-order valence-electron chi connectivity index (χ4n) is 2.29. The number of carbonyl (C=O) groups excluding carboxylic acids is 1. The SMILES string of the molecule is O=C(O)C1CN(C(=O)c2cccc(-n3ccnn3)c2)CCO1. The summed E-state index contributed by atoms with van der Waals surface area (Å²) in [6.45, 7) is 0.628. The first kappa shape index (κ1) is 14.2. The Morgan fingerprint density at radius 2 is 2.23 bits per heavy atom. The molecule has 8 nitrogen and oxygen atoms in total. The van der Waals surface area contributed by atoms with Crippen molar-refractivity contribution in [2.75, 3.05) is 19.7 Å². The third-order valence-corrected chi connectivity index (χ3v) is 3.41. The lowest BCUT2D eigenvalue weighted by Gasteiger charge is -2.31. The molecule has 0 saturated carbocycles. The number of hydrogen-bond donors (Lipinski definition) is 1. The van der Waals surface area contributed by atoms with Crippen molar-refractivity contribution in [1.29, 1.82) is 0 Å². The molecule has 1 amide bonds. The van der Waals surface area contributed by atoms with Crippen LogP contribution in [0.5, 0.6) is 0 Å². The maximum absolute atomic E-state index is 12.5. The van der Waals surface area contributed by atoms with Gasteiger partial charge in [-0.2, -0.15) is 0 Å². The van der Waals surface area contributed by atoms with E-state index >= 15 is 0 Å². The summed E-state index contributed by atoms with van der Waals surface area (Å²) in [6, 6.07) is 6.94. The molecule has 0 aliphatic carbocycles. The van der Waals surface area contributed by atoms with Crippen molar-refractivity contribution in [1.82, 2.24) is 19.9 Å². The number of aliphatic carboxylic acids is 1. The van der Waals surface area contributed by atoms with Gasteiger partial charge in [-0.15, -0.1) is 5.10 Å². The second-order valence-electron chi connectivity index (χ2n) is 4.85. The van der Waals surface area contributed by atoms with E-state index in [1.54, 1.807) is 35.3 Å². The van der Waals surface area contributed by atoms with Crippen molar-refractivity contribution in [3.8, 4) is 5.69 Å². The topological polar surface area (TPSA) is 97.6 Å². The van der Waals surface area contributed by atoms with Gasteiger partial charge in [-0.25, -0.2) is 9.48 Å². The van der Waals surface area contributed by atoms with E-state index in [1.165, 1.54) is 4.90 Å². The molecule has 1 aromatic carbocycles. The van der Waals surface area contributed by atoms with Crippen LogP contribution in [-0.2, 0) is 9.53 Å². The number of ether oxygens (including phenoxy) is 1. The number of hydrogen-bond acceptors (Lipinski definition) is 5. The highest BCUT2D eigenvalue weighted by Crippen LogP contribution is 2.14. The maximum atomic E-state index is 12.5. The highest BCUT2D eigenvalue weighted by Gasteiger charge is 2.29. The van der Waals surface area contributed by atoms with E-state index in [9.17, 15) is 9.59 Å². The van der Waals surface area contributed by atoms with E-state index in [1.807, 2.05) is 6.07 Å². The Balaban J connectivity index is 1.80. The lowest BCUT2D eigenvalue weighted by Crippen LogP contribution is -2.48. The van der Waals surface area contributed by atoms with Crippen LogP contribution in [0.4, 0.5) is 0 Å². The molecular formula is C14H14N4O4. The third-order valence-electron chi connectivity index (χ3n) is 3.41. The lowest BCUT2D eigenvalue weighted by atomic mass is 10.1. The molecule has 1 aliphatic rings. The van der Waals surface area contributed by atoms with Gasteiger partial charge in [-0.3, -0.25) is 4.79 Å². The zero-order valence-electron chi connectivity index (χ0n) is 11.6. The number of benzene rings is 1. The van der Waals surface area contributed by atoms with Crippen LogP contribution in [0.2, 0.25) is 0 Å². The average Bonchev–Trinajstić information content (AvgIpc) is 3.09. The quantitative estimate of drug-likeness (QED) is 0.869. The van der Waals surface area contributed by atoms with E-state index in [-0.39, 0.29) is 19.1 Å². The maximum Gasteiger partial charge on any atom is 0.334 e. The first-order chi connectivity index (χ1) is 10.6. The van der Waals surface area contributed by atoms with Crippen LogP contribution in [-0.4, -0.2) is 62.7 Å². The minimum atomic E-state index is -1.06. The van der Waals surface area contributed by atoms with Crippen molar-refractivity contribution in [3.63, 3.8) is 0 Å². The molecule has 0 radical (unpaired) electrons. The molecule has 1 unspecified atom stereocenters. The Hall–Kier alpha value is -2.74. The average molecular weight is 302 g/mol. The highest BCUT2D eigenvalue weighted by molar-refractivity contribution is 5.95. The largest absolute Gasteiger partial charge is 0.479 e. The minimum Gasteiger partial charge on any atom is -0.479 e. The number of carboxylic acids is 1. The van der Waals surface area contributed by atoms with Crippen LogP contribution in [0.1, 0.15) is 10.4 Å². The smallest absolute Gasteiger partial charge is 0.334 e. The van der Waals surface area contributed by atoms with E-state index in [4.69, 9.17) is 9.84 Å². The fourth-order valence-corrected chi connectivity index (χ4v) is 2.29. The zero-order valence-corrected chi connectivity index (χ0v) is 11.6. The van der Waals surface area contributed by atoms with Crippen molar-refractivity contribution < 1.29 is 19.4 Å². The van der Waals surface area contributed by atoms with Crippen molar-refractivity contribution in [3.05, 3.63) is 42.2 Å². The van der Waals surface area contributed by atoms with Gasteiger partial charge in [0.05, 0.1) is 31.2 Å². The first-order valence-electron chi connectivity index (χ1n) is 6.75. The molecule has 8 heteroatoms. The molecule has 2 heterocycles. The van der Waals surface area contributed by atoms with Gasteiger partial charge in [0.25, 0.3) is 5.91 Å². The van der Waals surface area contributed by atoms with Gasteiger partial charge in [-0.05, 0) is 18.2 Å². The second-order valence-corrected chi connectivity index (χ2v) is 4.85. The summed E-state index contributed by atoms with van der Waals surface area (Å²) < 4.78 is 6.67. The van der Waals surface area contributed by atoms with Crippen LogP contribution in [0.15, 0.2) is 36.7 Å². The summed E-state index contributed by atoms with van der Waals surface area (Å²) >= 11 is 0. The monoisotopic (exact) mass is 302 g/mol. The Morgan fingerprint density at radius 3 is 2.95 bits per heavy atom. The third kappa shape index (κ3) is 2.82. The summed E-state index contributed by atoms with van der Waals surface area (Å²) in [4.78, 5) is 25.0. The van der Waals surface area contributed by atoms with Crippen LogP contribution in [0.3, 0.4) is 0 Å². The van der Waals surface area contributed by atoms with Crippen LogP contribution in [0.25, 0.3) is 5.69 Å². The van der Waals surface area contributed by atoms with E-state index in [0.29, 0.717) is 17.8 Å². The summed E-state index contributed by atoms with van der Waals surface area (Å²) in [7, 11) is 0. The zero-order chi connectivity index (χ0) is 15.5. The number of aromatic nitrogens is 3. The van der Waals surface area contributed by atoms with Crippen LogP contribution >= 0.6 is 0 Å². The van der Waals surface area contributed by atoms with Crippen molar-refractivity contribution in [2.24, 2.45) is 0 Å². The number of amides is 1. The van der Waals surface area contributed by atoms with Crippen LogP contribution < -0.4 is 0 Å². The number of carbonyl (C=O) groups is 2. The van der Waals surface area contributed by atoms with Gasteiger partial charge in [0.1, 0.15) is 0 Å². The van der Waals surface area contributed by atoms with Gasteiger partial charge < -0.3 is 14.7 Å². The van der Waals surface area contributed by atoms with Gasteiger partial charge in [0, 0.05) is 12.1 Å². The predicted octanol–water partition coefficient (Wildman–Crippen LogP) is 0.193. The van der Waals surface area contributed by atoms with Gasteiger partial charge in [-0.1, -0.05) is 11.3 Å². The molecule has 1 aromatic heterocycles. The number of carboxylic acid groups (broad SMARTS) is 1. The van der Waals surface area contributed by atoms with Crippen molar-refractivity contribution >= 4 is 11.9 Å². The summed E-state index contributed by atoms with van der Waals surface area (Å²) in [5.41, 5.74) is 1.19. The number of rotatable bonds is 3. The molecule has 22 heavy (non-hydrogen) atoms. The van der Waals surface area contributed by atoms with E-state index < -0.39 is 12.1 Å². The molecule has 1 N–H and O–H groups in total. The number of morpholine rings is 1. The standard InChI is InChI=1S/C14H14N4O4/c19-13(17-6-7-22-12(9-17)14(20)21)10-2-1-3-11(8-10)18-5-4-15-16-18/h1-5,8,12H,6-7,9H2,(H,20,21). The normalized spacial score (nSPS) is 18.2. The van der Waals surface area contributed by atoms with Crippen LogP contribution in [0, 0.1) is 0 Å². The Morgan fingerprint density at radius 1 is 1.36 bits per heavy atom. The number of nitrogens with zero attached hydrogens (tertiary/aromatic N) is 4. The molecule has 1 fully saturated rings. The summed E-state index contributed by atoms with van der Waals surface area (Å²) in [5, 5.41) is 16.6. The molecule has 2 aromatic rings. The van der Waals surface area contributed by atoms with Gasteiger partial charge in [0.2, 0.25) is 0 Å². The predicted molar refractivity (Wildman–Crippen MR) is 74.6 cm³/mol. The minimum absolute atomic E-state index is 0.0434. The summed E-state index contributed by atoms with van der Waals surface area (Å²) in [6.07, 6.45) is 2.25. The first-order valence-corrected chi connectivity index (χ1v) is 6.75. The molecule has 1 saturated heterocycles. The molecule has 1 atom stereocenters. The second kappa shape index (κ2) is 5.94. The molecular weight excluding hydrogens is 288 g/mol. The fraction of sp³-hybridized carbons (Fsp3) is 0.286. The Labute approximate surface area is 125 Å². The Bertz CT molecular complexity index is 686. The van der Waals surface area contributed by atoms with E-state index in [0.717, 1.165) is 0 Å². The summed E-state index contributed by atoms with van der Waals surface area (Å²) in [5.74, 6) is -1.29. The van der Waals surface area contributed by atoms with Crippen molar-refractivity contribution in [2.45, 2.75) is 6.10 Å². The highest BCUT2D eigenvalue weighted by atomic mass is 16.5. The lowest BCUT2D eigenvalue weighted by molar-refractivity contribution is -0.154. The molecule has 0 spiro atoms. The molecule has 1 aliphatic heterocycles. The Kier molecular flexibility index (Phi) is 3.84. The van der Waals surface area contributed by atoms with E-state index in [2.05, 4.69) is 10.3 Å². The van der Waals surface area contributed by atoms with Gasteiger partial charge >= 0.3 is 5.97 Å².